The summed E-state index contributed by atoms with van der Waals surface area (Å²) in [6, 6.07) is 0. The van der Waals surface area contributed by atoms with Crippen molar-refractivity contribution in [3.05, 3.63) is 0 Å². The molecule has 31 heavy (non-hydrogen) atoms. The van der Waals surface area contributed by atoms with Crippen molar-refractivity contribution in [1.82, 2.24) is 0 Å². The molecule has 1 aliphatic carbocycles. The molecule has 1 aliphatic rings. The number of rotatable bonds is 18. The number of hydrogen-bond donors (Lipinski definition) is 0. The second-order valence-corrected chi connectivity index (χ2v) is 9.97. The van der Waals surface area contributed by atoms with E-state index in [9.17, 15) is 9.59 Å². The monoisotopic (exact) mass is 438 g/mol. The summed E-state index contributed by atoms with van der Waals surface area (Å²) in [6.45, 7) is 7.64. The molecular weight excluding hydrogens is 388 g/mol. The van der Waals surface area contributed by atoms with E-state index in [1.54, 1.807) is 0 Å². The highest BCUT2D eigenvalue weighted by Gasteiger charge is 2.32. The Kier molecular flexibility index (Phi) is 16.7. The van der Waals surface area contributed by atoms with Crippen LogP contribution >= 0.6 is 0 Å². The summed E-state index contributed by atoms with van der Waals surface area (Å²) in [5, 5.41) is 0. The van der Waals surface area contributed by atoms with Crippen molar-refractivity contribution in [1.29, 1.82) is 0 Å². The van der Waals surface area contributed by atoms with E-state index < -0.39 is 0 Å². The number of unbranched alkanes of at least 4 members (excludes halogenated alkanes) is 10. The van der Waals surface area contributed by atoms with Gasteiger partial charge in [-0.05, 0) is 44.4 Å². The Morgan fingerprint density at radius 2 is 1.16 bits per heavy atom. The lowest BCUT2D eigenvalue weighted by Gasteiger charge is -2.26. The van der Waals surface area contributed by atoms with E-state index in [-0.39, 0.29) is 23.8 Å². The van der Waals surface area contributed by atoms with Crippen molar-refractivity contribution in [3.8, 4) is 0 Å². The van der Waals surface area contributed by atoms with Crippen LogP contribution in [0.1, 0.15) is 130 Å². The molecule has 2 atom stereocenters. The van der Waals surface area contributed by atoms with Gasteiger partial charge >= 0.3 is 11.9 Å². The summed E-state index contributed by atoms with van der Waals surface area (Å²) in [5.41, 5.74) is 0. The molecule has 0 amide bonds. The van der Waals surface area contributed by atoms with Crippen LogP contribution in [0.4, 0.5) is 0 Å². The Bertz CT molecular complexity index is 460. The second-order valence-electron chi connectivity index (χ2n) is 9.97. The van der Waals surface area contributed by atoms with Gasteiger partial charge in [0.2, 0.25) is 0 Å². The average Bonchev–Trinajstić information content (AvgIpc) is 2.77. The lowest BCUT2D eigenvalue weighted by molar-refractivity contribution is -0.155. The highest BCUT2D eigenvalue weighted by atomic mass is 16.5. The van der Waals surface area contributed by atoms with Crippen molar-refractivity contribution < 1.29 is 19.1 Å². The van der Waals surface area contributed by atoms with Crippen molar-refractivity contribution in [3.63, 3.8) is 0 Å². The fourth-order valence-electron chi connectivity index (χ4n) is 4.46. The Labute approximate surface area is 192 Å². The minimum atomic E-state index is -0.132. The number of ether oxygens (including phenoxy) is 2. The van der Waals surface area contributed by atoms with E-state index >= 15 is 0 Å². The maximum absolute atomic E-state index is 12.4. The molecule has 0 aromatic carbocycles. The third-order valence-corrected chi connectivity index (χ3v) is 6.50. The van der Waals surface area contributed by atoms with E-state index in [2.05, 4.69) is 20.8 Å². The molecule has 2 unspecified atom stereocenters. The molecule has 0 bridgehead atoms. The highest BCUT2D eigenvalue weighted by Crippen LogP contribution is 2.31. The van der Waals surface area contributed by atoms with E-state index in [1.807, 2.05) is 0 Å². The zero-order valence-corrected chi connectivity index (χ0v) is 20.8. The SMILES string of the molecule is CCCCCCCCCCCCCOC(=O)C1CCCC(C(=O)OCCCC(C)C)C1. The maximum Gasteiger partial charge on any atom is 0.308 e. The van der Waals surface area contributed by atoms with Gasteiger partial charge in [0.05, 0.1) is 25.0 Å². The lowest BCUT2D eigenvalue weighted by atomic mass is 9.81. The maximum atomic E-state index is 12.4. The van der Waals surface area contributed by atoms with Crippen LogP contribution < -0.4 is 0 Å². The van der Waals surface area contributed by atoms with Crippen LogP contribution in [0.2, 0.25) is 0 Å². The van der Waals surface area contributed by atoms with E-state index in [0.717, 1.165) is 44.9 Å². The molecule has 0 heterocycles. The van der Waals surface area contributed by atoms with Crippen molar-refractivity contribution in [2.75, 3.05) is 13.2 Å². The number of esters is 2. The quantitative estimate of drug-likeness (QED) is 0.163. The molecule has 0 N–H and O–H groups in total. The first kappa shape index (κ1) is 28.0. The number of carbonyl (C=O) groups excluding carboxylic acids is 2. The molecule has 0 saturated heterocycles. The van der Waals surface area contributed by atoms with Crippen LogP contribution in [0.3, 0.4) is 0 Å². The Morgan fingerprint density at radius 1 is 0.710 bits per heavy atom. The molecular formula is C27H50O4. The highest BCUT2D eigenvalue weighted by molar-refractivity contribution is 5.76. The van der Waals surface area contributed by atoms with Crippen molar-refractivity contribution in [2.24, 2.45) is 17.8 Å². The Balaban J connectivity index is 2.04. The topological polar surface area (TPSA) is 52.6 Å². The van der Waals surface area contributed by atoms with E-state index in [0.29, 0.717) is 25.6 Å². The first-order chi connectivity index (χ1) is 15.0. The summed E-state index contributed by atoms with van der Waals surface area (Å²) in [7, 11) is 0. The summed E-state index contributed by atoms with van der Waals surface area (Å²) in [6.07, 6.45) is 19.4. The molecule has 0 radical (unpaired) electrons. The molecule has 4 heteroatoms. The fraction of sp³-hybridized carbons (Fsp3) is 0.926. The zero-order valence-electron chi connectivity index (χ0n) is 20.8. The first-order valence-corrected chi connectivity index (χ1v) is 13.4. The summed E-state index contributed by atoms with van der Waals surface area (Å²) in [4.78, 5) is 24.7. The van der Waals surface area contributed by atoms with E-state index in [1.165, 1.54) is 57.8 Å². The van der Waals surface area contributed by atoms with Gasteiger partial charge in [-0.2, -0.15) is 0 Å². The van der Waals surface area contributed by atoms with Crippen LogP contribution in [0.15, 0.2) is 0 Å². The Hall–Kier alpha value is -1.06. The van der Waals surface area contributed by atoms with Gasteiger partial charge in [-0.1, -0.05) is 91.4 Å². The van der Waals surface area contributed by atoms with Crippen LogP contribution in [0.25, 0.3) is 0 Å². The largest absolute Gasteiger partial charge is 0.465 e. The van der Waals surface area contributed by atoms with Gasteiger partial charge in [0.25, 0.3) is 0 Å². The minimum absolute atomic E-state index is 0.107. The van der Waals surface area contributed by atoms with Crippen LogP contribution in [-0.4, -0.2) is 25.2 Å². The zero-order chi connectivity index (χ0) is 22.7. The average molecular weight is 439 g/mol. The standard InChI is InChI=1S/C27H50O4/c1-4-5-6-7-8-9-10-11-12-13-14-20-30-26(28)24-18-15-19-25(22-24)27(29)31-21-16-17-23(2)3/h23-25H,4-22H2,1-3H3. The minimum Gasteiger partial charge on any atom is -0.465 e. The van der Waals surface area contributed by atoms with Crippen LogP contribution in [0.5, 0.6) is 0 Å². The lowest BCUT2D eigenvalue weighted by Crippen LogP contribution is -2.30. The van der Waals surface area contributed by atoms with Gasteiger partial charge in [0.1, 0.15) is 0 Å². The summed E-state index contributed by atoms with van der Waals surface area (Å²) < 4.78 is 11.0. The van der Waals surface area contributed by atoms with Crippen molar-refractivity contribution in [2.45, 2.75) is 130 Å². The van der Waals surface area contributed by atoms with Gasteiger partial charge in [0, 0.05) is 0 Å². The normalized spacial score (nSPS) is 18.8. The Morgan fingerprint density at radius 3 is 1.65 bits per heavy atom. The summed E-state index contributed by atoms with van der Waals surface area (Å²) >= 11 is 0. The van der Waals surface area contributed by atoms with Crippen molar-refractivity contribution >= 4 is 11.9 Å². The molecule has 1 rings (SSSR count). The molecule has 4 nitrogen and oxygen atoms in total. The molecule has 1 saturated carbocycles. The van der Waals surface area contributed by atoms with Gasteiger partial charge in [-0.25, -0.2) is 0 Å². The molecule has 1 fully saturated rings. The molecule has 0 aliphatic heterocycles. The predicted molar refractivity (Wildman–Crippen MR) is 128 cm³/mol. The van der Waals surface area contributed by atoms with Gasteiger partial charge in [0.15, 0.2) is 0 Å². The predicted octanol–water partition coefficient (Wildman–Crippen LogP) is 7.63. The second kappa shape index (κ2) is 18.5. The molecule has 0 spiro atoms. The van der Waals surface area contributed by atoms with Gasteiger partial charge in [-0.15, -0.1) is 0 Å². The smallest absolute Gasteiger partial charge is 0.308 e. The first-order valence-electron chi connectivity index (χ1n) is 13.4. The van der Waals surface area contributed by atoms with Gasteiger partial charge in [-0.3, -0.25) is 9.59 Å². The van der Waals surface area contributed by atoms with E-state index in [4.69, 9.17) is 9.47 Å². The summed E-state index contributed by atoms with van der Waals surface area (Å²) in [5.74, 6) is 0.144. The molecule has 0 aromatic rings. The number of hydrogen-bond acceptors (Lipinski definition) is 4. The number of carbonyl (C=O) groups is 2. The fourth-order valence-corrected chi connectivity index (χ4v) is 4.46. The molecule has 182 valence electrons. The third-order valence-electron chi connectivity index (χ3n) is 6.50. The van der Waals surface area contributed by atoms with Gasteiger partial charge < -0.3 is 9.47 Å². The van der Waals surface area contributed by atoms with Crippen LogP contribution in [0, 0.1) is 17.8 Å². The molecule has 0 aromatic heterocycles. The third kappa shape index (κ3) is 14.6. The van der Waals surface area contributed by atoms with Crippen LogP contribution in [-0.2, 0) is 19.1 Å².